The van der Waals surface area contributed by atoms with Crippen LogP contribution in [0.15, 0.2) is 60.8 Å². The molecule has 0 radical (unpaired) electrons. The van der Waals surface area contributed by atoms with E-state index in [-0.39, 0.29) is 24.9 Å². The van der Waals surface area contributed by atoms with E-state index < -0.39 is 11.7 Å². The van der Waals surface area contributed by atoms with Crippen LogP contribution < -0.4 is 15.4 Å². The van der Waals surface area contributed by atoms with Gasteiger partial charge >= 0.3 is 0 Å². The predicted octanol–water partition coefficient (Wildman–Crippen LogP) is 4.02. The van der Waals surface area contributed by atoms with Crippen molar-refractivity contribution in [3.8, 4) is 28.4 Å². The Morgan fingerprint density at radius 1 is 1.09 bits per heavy atom. The second-order valence-corrected chi connectivity index (χ2v) is 10.9. The molecular formula is C31H36FN7O4. The maximum atomic E-state index is 13.8. The number of amides is 1. The molecule has 2 aromatic carbocycles. The van der Waals surface area contributed by atoms with Crippen LogP contribution in [0.1, 0.15) is 24.6 Å². The highest BCUT2D eigenvalue weighted by atomic mass is 19.1. The first kappa shape index (κ1) is 30.1. The van der Waals surface area contributed by atoms with Crippen LogP contribution in [0.3, 0.4) is 0 Å². The number of hydrogen-bond donors (Lipinski definition) is 3. The molecule has 0 atom stereocenters. The molecule has 0 saturated carbocycles. The van der Waals surface area contributed by atoms with Crippen LogP contribution in [0.2, 0.25) is 0 Å². The van der Waals surface area contributed by atoms with Gasteiger partial charge in [0.15, 0.2) is 5.82 Å². The summed E-state index contributed by atoms with van der Waals surface area (Å²) in [5.41, 5.74) is 2.61. The van der Waals surface area contributed by atoms with Crippen LogP contribution in [0, 0.1) is 11.2 Å². The molecule has 5 rings (SSSR count). The number of methoxy groups -OCH3 is 1. The average Bonchev–Trinajstić information content (AvgIpc) is 3.46. The number of aromatic amines is 1. The molecular weight excluding hydrogens is 553 g/mol. The van der Waals surface area contributed by atoms with E-state index in [1.165, 1.54) is 12.1 Å². The molecule has 0 bridgehead atoms. The van der Waals surface area contributed by atoms with Gasteiger partial charge in [0.2, 0.25) is 18.1 Å². The van der Waals surface area contributed by atoms with Crippen LogP contribution in [0.4, 0.5) is 10.3 Å². The van der Waals surface area contributed by atoms with E-state index in [1.807, 2.05) is 50.2 Å². The summed E-state index contributed by atoms with van der Waals surface area (Å²) in [4.78, 5) is 32.0. The third-order valence-corrected chi connectivity index (χ3v) is 7.08. The topological polar surface area (TPSA) is 127 Å². The van der Waals surface area contributed by atoms with E-state index in [9.17, 15) is 9.18 Å². The Morgan fingerprint density at radius 3 is 2.49 bits per heavy atom. The van der Waals surface area contributed by atoms with Gasteiger partial charge in [0.1, 0.15) is 11.6 Å². The zero-order valence-electron chi connectivity index (χ0n) is 24.7. The predicted molar refractivity (Wildman–Crippen MR) is 160 cm³/mol. The van der Waals surface area contributed by atoms with Crippen molar-refractivity contribution in [3.63, 3.8) is 0 Å². The molecule has 226 valence electrons. The number of aromatic nitrogens is 4. The number of carbonyl (C=O) groups excluding carboxylic acids is 1. The van der Waals surface area contributed by atoms with E-state index in [0.29, 0.717) is 47.5 Å². The van der Waals surface area contributed by atoms with Crippen molar-refractivity contribution >= 4 is 11.9 Å². The number of H-pyrrole nitrogens is 1. The van der Waals surface area contributed by atoms with E-state index in [2.05, 4.69) is 20.6 Å². The molecule has 1 aliphatic heterocycles. The van der Waals surface area contributed by atoms with Crippen molar-refractivity contribution in [3.05, 3.63) is 78.0 Å². The zero-order valence-corrected chi connectivity index (χ0v) is 24.7. The molecule has 43 heavy (non-hydrogen) atoms. The molecule has 1 fully saturated rings. The summed E-state index contributed by atoms with van der Waals surface area (Å²) < 4.78 is 31.0. The third-order valence-electron chi connectivity index (χ3n) is 7.08. The first-order valence-corrected chi connectivity index (χ1v) is 14.0. The highest BCUT2D eigenvalue weighted by Gasteiger charge is 2.40. The van der Waals surface area contributed by atoms with Crippen molar-refractivity contribution in [1.29, 1.82) is 0 Å². The van der Waals surface area contributed by atoms with Crippen molar-refractivity contribution < 1.29 is 23.4 Å². The molecule has 3 N–H and O–H groups in total. The molecule has 11 nitrogen and oxygen atoms in total. The Kier molecular flexibility index (Phi) is 9.29. The Labute approximate surface area is 249 Å². The minimum absolute atomic E-state index is 0.129. The first-order chi connectivity index (χ1) is 20.7. The van der Waals surface area contributed by atoms with Crippen molar-refractivity contribution in [2.45, 2.75) is 19.8 Å². The van der Waals surface area contributed by atoms with E-state index in [4.69, 9.17) is 24.2 Å². The summed E-state index contributed by atoms with van der Waals surface area (Å²) in [5, 5.41) is 6.20. The number of nitrogens with zero attached hydrogens (tertiary/aromatic N) is 4. The zero-order chi connectivity index (χ0) is 30.4. The summed E-state index contributed by atoms with van der Waals surface area (Å²) in [7, 11) is 5.53. The van der Waals surface area contributed by atoms with Gasteiger partial charge in [-0.05, 0) is 69.0 Å². The number of halogens is 1. The SMILES string of the molecule is COc1ccc(CNc2nccc(-c3[nH]c(C4OCC(C)(C(=O)NCCN(C)C)CO4)nc3-c3ccc(F)cc3)n2)cc1. The largest absolute Gasteiger partial charge is 0.497 e. The first-order valence-electron chi connectivity index (χ1n) is 14.0. The number of rotatable bonds is 11. The number of benzene rings is 2. The molecule has 0 aliphatic carbocycles. The van der Waals surface area contributed by atoms with Crippen molar-refractivity contribution in [1.82, 2.24) is 30.2 Å². The van der Waals surface area contributed by atoms with Gasteiger partial charge in [0.05, 0.1) is 42.8 Å². The van der Waals surface area contributed by atoms with Crippen LogP contribution in [0.25, 0.3) is 22.6 Å². The quantitative estimate of drug-likeness (QED) is 0.238. The Bertz CT molecular complexity index is 1520. The fourth-order valence-electron chi connectivity index (χ4n) is 4.52. The van der Waals surface area contributed by atoms with E-state index in [0.717, 1.165) is 17.9 Å². The van der Waals surface area contributed by atoms with Crippen LogP contribution in [-0.4, -0.2) is 78.3 Å². The number of likely N-dealkylation sites (N-methyl/N-ethyl adjacent to an activating group) is 1. The smallest absolute Gasteiger partial charge is 0.230 e. The monoisotopic (exact) mass is 589 g/mol. The van der Waals surface area contributed by atoms with Gasteiger partial charge in [0, 0.05) is 31.4 Å². The lowest BCUT2D eigenvalue weighted by Gasteiger charge is -2.35. The molecule has 3 heterocycles. The molecule has 1 aliphatic rings. The van der Waals surface area contributed by atoms with Gasteiger partial charge in [-0.25, -0.2) is 19.3 Å². The minimum Gasteiger partial charge on any atom is -0.497 e. The molecule has 2 aromatic heterocycles. The lowest BCUT2D eigenvalue weighted by atomic mass is 9.91. The van der Waals surface area contributed by atoms with Crippen molar-refractivity contribution in [2.24, 2.45) is 5.41 Å². The molecule has 1 amide bonds. The second-order valence-electron chi connectivity index (χ2n) is 10.9. The van der Waals surface area contributed by atoms with Gasteiger partial charge in [-0.1, -0.05) is 12.1 Å². The Hall–Kier alpha value is -4.39. The highest BCUT2D eigenvalue weighted by Crippen LogP contribution is 2.35. The van der Waals surface area contributed by atoms with E-state index >= 15 is 0 Å². The summed E-state index contributed by atoms with van der Waals surface area (Å²) in [6, 6.07) is 15.5. The summed E-state index contributed by atoms with van der Waals surface area (Å²) >= 11 is 0. The lowest BCUT2D eigenvalue weighted by molar-refractivity contribution is -0.231. The second kappa shape index (κ2) is 13.3. The molecule has 4 aromatic rings. The third kappa shape index (κ3) is 7.34. The Balaban J connectivity index is 1.35. The van der Waals surface area contributed by atoms with Gasteiger partial charge in [-0.15, -0.1) is 0 Å². The lowest BCUT2D eigenvalue weighted by Crippen LogP contribution is -2.49. The minimum atomic E-state index is -0.838. The van der Waals surface area contributed by atoms with E-state index in [1.54, 1.807) is 31.5 Å². The van der Waals surface area contributed by atoms with Crippen LogP contribution >= 0.6 is 0 Å². The number of hydrogen-bond acceptors (Lipinski definition) is 9. The molecule has 0 unspecified atom stereocenters. The van der Waals surface area contributed by atoms with Crippen LogP contribution in [-0.2, 0) is 20.8 Å². The Morgan fingerprint density at radius 2 is 1.81 bits per heavy atom. The standard InChI is InChI=1S/C31H36FN7O4/c1-31(29(40)33-15-16-39(2)3)18-42-28(43-19-31)27-37-25(21-7-9-22(32)10-8-21)26(38-27)24-13-14-34-30(36-24)35-17-20-5-11-23(41-4)12-6-20/h5-14,28H,15-19H2,1-4H3,(H,33,40)(H,37,38)(H,34,35,36). The maximum Gasteiger partial charge on any atom is 0.230 e. The summed E-state index contributed by atoms with van der Waals surface area (Å²) in [5.74, 6) is 1.14. The fourth-order valence-corrected chi connectivity index (χ4v) is 4.52. The number of imidazole rings is 1. The summed E-state index contributed by atoms with van der Waals surface area (Å²) in [6.45, 7) is 3.89. The number of ether oxygens (including phenoxy) is 3. The van der Waals surface area contributed by atoms with Crippen molar-refractivity contribution in [2.75, 3.05) is 52.8 Å². The normalized spacial score (nSPS) is 18.4. The summed E-state index contributed by atoms with van der Waals surface area (Å²) in [6.07, 6.45) is 0.826. The van der Waals surface area contributed by atoms with Gasteiger partial charge in [0.25, 0.3) is 0 Å². The van der Waals surface area contributed by atoms with Gasteiger partial charge in [-0.2, -0.15) is 0 Å². The molecule has 12 heteroatoms. The average molecular weight is 590 g/mol. The number of nitrogens with one attached hydrogen (secondary N) is 3. The van der Waals surface area contributed by atoms with Crippen LogP contribution in [0.5, 0.6) is 5.75 Å². The number of carbonyl (C=O) groups is 1. The fraction of sp³-hybridized carbons (Fsp3) is 0.355. The molecule has 0 spiro atoms. The van der Waals surface area contributed by atoms with Gasteiger partial charge < -0.3 is 34.7 Å². The highest BCUT2D eigenvalue weighted by molar-refractivity contribution is 5.82. The van der Waals surface area contributed by atoms with Gasteiger partial charge in [-0.3, -0.25) is 4.79 Å². The number of anilines is 1. The molecule has 1 saturated heterocycles. The maximum absolute atomic E-state index is 13.8.